The third-order valence-electron chi connectivity index (χ3n) is 2.99. The van der Waals surface area contributed by atoms with E-state index < -0.39 is 30.0 Å². The molecular formula is C14H25NO5. The first-order valence-electron chi connectivity index (χ1n) is 6.66. The molecule has 1 N–H and O–H groups in total. The summed E-state index contributed by atoms with van der Waals surface area (Å²) in [6.45, 7) is 6.12. The third kappa shape index (κ3) is 4.77. The smallest absolute Gasteiger partial charge is 0.410 e. The Bertz CT molecular complexity index is 350. The number of aliphatic hydroxyl groups excluding tert-OH is 1. The number of methoxy groups -OCH3 is 2. The van der Waals surface area contributed by atoms with Crippen molar-refractivity contribution in [2.75, 3.05) is 27.3 Å². The molecule has 0 aromatic rings. The average molecular weight is 287 g/mol. The van der Waals surface area contributed by atoms with E-state index in [9.17, 15) is 9.90 Å². The molecule has 0 saturated carbocycles. The maximum Gasteiger partial charge on any atom is 0.410 e. The van der Waals surface area contributed by atoms with Crippen LogP contribution < -0.4 is 0 Å². The third-order valence-corrected chi connectivity index (χ3v) is 2.99. The van der Waals surface area contributed by atoms with E-state index in [2.05, 4.69) is 0 Å². The van der Waals surface area contributed by atoms with Gasteiger partial charge >= 0.3 is 6.09 Å². The van der Waals surface area contributed by atoms with Gasteiger partial charge in [-0.25, -0.2) is 4.79 Å². The van der Waals surface area contributed by atoms with Gasteiger partial charge in [-0.05, 0) is 20.8 Å². The molecule has 1 amide bonds. The molecule has 0 aromatic carbocycles. The number of ether oxygens (including phenoxy) is 3. The van der Waals surface area contributed by atoms with Crippen LogP contribution in [0.25, 0.3) is 0 Å². The second-order valence-electron chi connectivity index (χ2n) is 5.78. The quantitative estimate of drug-likeness (QED) is 0.773. The number of hydrogen-bond acceptors (Lipinski definition) is 5. The molecule has 0 saturated heterocycles. The fourth-order valence-corrected chi connectivity index (χ4v) is 2.03. The Kier molecular flexibility index (Phi) is 5.98. The van der Waals surface area contributed by atoms with Crippen molar-refractivity contribution < 1.29 is 24.1 Å². The minimum atomic E-state index is -0.759. The molecule has 116 valence electrons. The molecule has 0 spiro atoms. The average Bonchev–Trinajstić information content (AvgIpc) is 2.31. The zero-order chi connectivity index (χ0) is 15.3. The van der Waals surface area contributed by atoms with E-state index in [4.69, 9.17) is 14.2 Å². The fraction of sp³-hybridized carbons (Fsp3) is 0.786. The van der Waals surface area contributed by atoms with Crippen molar-refractivity contribution in [3.05, 3.63) is 12.2 Å². The van der Waals surface area contributed by atoms with Gasteiger partial charge in [0.2, 0.25) is 0 Å². The number of hydrogen-bond donors (Lipinski definition) is 1. The summed E-state index contributed by atoms with van der Waals surface area (Å²) in [6, 6.07) is 0. The van der Waals surface area contributed by atoms with Crippen molar-refractivity contribution in [2.45, 2.75) is 44.7 Å². The highest BCUT2D eigenvalue weighted by atomic mass is 16.6. The fourth-order valence-electron chi connectivity index (χ4n) is 2.03. The molecule has 0 radical (unpaired) electrons. The van der Waals surface area contributed by atoms with Gasteiger partial charge < -0.3 is 24.2 Å². The monoisotopic (exact) mass is 287 g/mol. The van der Waals surface area contributed by atoms with Crippen LogP contribution in [0, 0.1) is 0 Å². The van der Waals surface area contributed by atoms with E-state index in [1.165, 1.54) is 19.1 Å². The van der Waals surface area contributed by atoms with E-state index in [1.807, 2.05) is 20.8 Å². The van der Waals surface area contributed by atoms with Gasteiger partial charge in [-0.3, -0.25) is 0 Å². The lowest BCUT2D eigenvalue weighted by atomic mass is 10.0. The maximum absolute atomic E-state index is 12.1. The van der Waals surface area contributed by atoms with Crippen LogP contribution in [0.4, 0.5) is 4.79 Å². The van der Waals surface area contributed by atoms with Gasteiger partial charge in [0.25, 0.3) is 0 Å². The van der Waals surface area contributed by atoms with E-state index in [1.54, 1.807) is 12.2 Å². The Balaban J connectivity index is 2.84. The van der Waals surface area contributed by atoms with Gasteiger partial charge in [0, 0.05) is 20.8 Å². The normalized spacial score (nSPS) is 29.5. The number of carbonyl (C=O) groups is 1. The molecule has 1 rings (SSSR count). The molecule has 3 atom stereocenters. The van der Waals surface area contributed by atoms with Crippen molar-refractivity contribution in [2.24, 2.45) is 0 Å². The molecule has 0 aromatic heterocycles. The Labute approximate surface area is 120 Å². The molecule has 0 unspecified atom stereocenters. The second kappa shape index (κ2) is 7.06. The molecule has 1 aliphatic heterocycles. The van der Waals surface area contributed by atoms with Gasteiger partial charge in [0.1, 0.15) is 23.9 Å². The highest BCUT2D eigenvalue weighted by Crippen LogP contribution is 2.16. The first-order chi connectivity index (χ1) is 9.28. The number of aliphatic hydroxyl groups is 1. The number of carbonyl (C=O) groups excluding carboxylic acids is 1. The van der Waals surface area contributed by atoms with Gasteiger partial charge in [-0.2, -0.15) is 0 Å². The van der Waals surface area contributed by atoms with E-state index >= 15 is 0 Å². The SMILES string of the molecule is CO[C@H]1[C@H](O)/C=C\CN(C(=O)OC(C)(C)C)C[C@@H]1OC. The summed E-state index contributed by atoms with van der Waals surface area (Å²) in [5.74, 6) is 0. The molecule has 20 heavy (non-hydrogen) atoms. The Morgan fingerprint density at radius 1 is 1.30 bits per heavy atom. The lowest BCUT2D eigenvalue weighted by Crippen LogP contribution is -2.50. The van der Waals surface area contributed by atoms with Crippen molar-refractivity contribution in [1.29, 1.82) is 0 Å². The van der Waals surface area contributed by atoms with Crippen LogP contribution in [0.2, 0.25) is 0 Å². The van der Waals surface area contributed by atoms with Gasteiger partial charge in [0.05, 0.1) is 6.54 Å². The first-order valence-corrected chi connectivity index (χ1v) is 6.66. The highest BCUT2D eigenvalue weighted by molar-refractivity contribution is 5.68. The van der Waals surface area contributed by atoms with Crippen molar-refractivity contribution >= 4 is 6.09 Å². The topological polar surface area (TPSA) is 68.2 Å². The lowest BCUT2D eigenvalue weighted by Gasteiger charge is -2.34. The molecule has 0 aliphatic carbocycles. The first kappa shape index (κ1) is 16.9. The van der Waals surface area contributed by atoms with Crippen LogP contribution in [-0.4, -0.2) is 67.3 Å². The van der Waals surface area contributed by atoms with Crippen LogP contribution in [-0.2, 0) is 14.2 Å². The summed E-state index contributed by atoms with van der Waals surface area (Å²) in [5.41, 5.74) is -0.550. The summed E-state index contributed by atoms with van der Waals surface area (Å²) in [5, 5.41) is 9.96. The van der Waals surface area contributed by atoms with E-state index in [-0.39, 0.29) is 0 Å². The minimum absolute atomic E-state index is 0.297. The number of rotatable bonds is 2. The van der Waals surface area contributed by atoms with Crippen LogP contribution in [0.15, 0.2) is 12.2 Å². The molecule has 0 fully saturated rings. The highest BCUT2D eigenvalue weighted by Gasteiger charge is 2.33. The number of nitrogens with zero attached hydrogens (tertiary/aromatic N) is 1. The second-order valence-corrected chi connectivity index (χ2v) is 5.78. The molecule has 0 bridgehead atoms. The Hall–Kier alpha value is -1.11. The Morgan fingerprint density at radius 3 is 2.45 bits per heavy atom. The predicted molar refractivity (Wildman–Crippen MR) is 74.5 cm³/mol. The van der Waals surface area contributed by atoms with Crippen molar-refractivity contribution in [3.63, 3.8) is 0 Å². The van der Waals surface area contributed by atoms with Gasteiger partial charge in [-0.15, -0.1) is 0 Å². The van der Waals surface area contributed by atoms with Gasteiger partial charge in [0.15, 0.2) is 0 Å². The summed E-state index contributed by atoms with van der Waals surface area (Å²) < 4.78 is 16.0. The summed E-state index contributed by atoms with van der Waals surface area (Å²) in [4.78, 5) is 13.7. The molecule has 1 heterocycles. The summed E-state index contributed by atoms with van der Waals surface area (Å²) >= 11 is 0. The largest absolute Gasteiger partial charge is 0.444 e. The van der Waals surface area contributed by atoms with E-state index in [0.717, 1.165) is 0 Å². The van der Waals surface area contributed by atoms with Crippen LogP contribution in [0.1, 0.15) is 20.8 Å². The molecular weight excluding hydrogens is 262 g/mol. The van der Waals surface area contributed by atoms with E-state index in [0.29, 0.717) is 13.1 Å². The molecule has 6 heteroatoms. The zero-order valence-corrected chi connectivity index (χ0v) is 12.8. The van der Waals surface area contributed by atoms with Crippen LogP contribution >= 0.6 is 0 Å². The van der Waals surface area contributed by atoms with Crippen LogP contribution in [0.3, 0.4) is 0 Å². The van der Waals surface area contributed by atoms with Crippen molar-refractivity contribution in [1.82, 2.24) is 4.90 Å². The van der Waals surface area contributed by atoms with Crippen LogP contribution in [0.5, 0.6) is 0 Å². The standard InChI is InChI=1S/C14H25NO5/c1-14(2,3)20-13(17)15-8-6-7-10(16)12(19-5)11(9-15)18-4/h6-7,10-12,16H,8-9H2,1-5H3/b7-6-/t10-,11+,12+/m1/s1. The minimum Gasteiger partial charge on any atom is -0.444 e. The van der Waals surface area contributed by atoms with Crippen molar-refractivity contribution in [3.8, 4) is 0 Å². The lowest BCUT2D eigenvalue weighted by molar-refractivity contribution is -0.0921. The molecule has 6 nitrogen and oxygen atoms in total. The summed E-state index contributed by atoms with van der Waals surface area (Å²) in [6.07, 6.45) is 1.22. The number of amides is 1. The maximum atomic E-state index is 12.1. The molecule has 1 aliphatic rings. The predicted octanol–water partition coefficient (Wildman–Crippen LogP) is 1.18. The Morgan fingerprint density at radius 2 is 1.95 bits per heavy atom. The summed E-state index contributed by atoms with van der Waals surface area (Å²) in [7, 11) is 3.04. The zero-order valence-electron chi connectivity index (χ0n) is 12.8. The van der Waals surface area contributed by atoms with Gasteiger partial charge in [-0.1, -0.05) is 12.2 Å².